The number of fused-ring (bicyclic) bond motifs is 3. The Morgan fingerprint density at radius 3 is 2.40 bits per heavy atom. The van der Waals surface area contributed by atoms with Crippen LogP contribution in [0.25, 0.3) is 21.9 Å². The summed E-state index contributed by atoms with van der Waals surface area (Å²) >= 11 is 0. The Morgan fingerprint density at radius 2 is 1.67 bits per heavy atom. The average Bonchev–Trinajstić information content (AvgIpc) is 3.76. The molecule has 0 aromatic heterocycles. The molecule has 4 unspecified atom stereocenters. The zero-order valence-electron chi connectivity index (χ0n) is 25.3. The van der Waals surface area contributed by atoms with Crippen molar-refractivity contribution in [2.45, 2.75) is 76.2 Å². The standard InChI is InChI=1S/C33H36O12/c1-17(42-26(14-34)30-32(36)45-33(44-30)9-5-4-6-10-33)43-29-20-13-24(38-3)23(37-2)12-19(20)27(28-21(29)15-39-31(28)35)18-7-8-22-25(11-18)41-16-40-22/h7-8,11-13,17,26,30,32,34,36H,4-6,9-10,14-16H2,1-3H3. The molecule has 240 valence electrons. The molecule has 0 amide bonds. The fourth-order valence-electron chi connectivity index (χ4n) is 6.77. The minimum absolute atomic E-state index is 0.0255. The van der Waals surface area contributed by atoms with Gasteiger partial charge >= 0.3 is 5.97 Å². The quantitative estimate of drug-likeness (QED) is 0.257. The van der Waals surface area contributed by atoms with Gasteiger partial charge in [0.15, 0.2) is 41.4 Å². The first kappa shape index (κ1) is 29.9. The van der Waals surface area contributed by atoms with Crippen molar-refractivity contribution in [2.24, 2.45) is 0 Å². The Kier molecular flexibility index (Phi) is 7.86. The van der Waals surface area contributed by atoms with Gasteiger partial charge in [0.25, 0.3) is 0 Å². The largest absolute Gasteiger partial charge is 0.493 e. The molecule has 12 heteroatoms. The van der Waals surface area contributed by atoms with Crippen molar-refractivity contribution in [2.75, 3.05) is 27.6 Å². The molecular formula is C33H36O12. The van der Waals surface area contributed by atoms with E-state index in [0.29, 0.717) is 74.6 Å². The van der Waals surface area contributed by atoms with Crippen LogP contribution in [-0.2, 0) is 25.6 Å². The van der Waals surface area contributed by atoms with E-state index in [2.05, 4.69) is 0 Å². The minimum Gasteiger partial charge on any atom is -0.493 e. The van der Waals surface area contributed by atoms with Crippen LogP contribution in [0.4, 0.5) is 0 Å². The number of aliphatic hydroxyl groups excluding tert-OH is 2. The van der Waals surface area contributed by atoms with Gasteiger partial charge in [0.05, 0.1) is 26.4 Å². The topological polar surface area (TPSA) is 141 Å². The van der Waals surface area contributed by atoms with Crippen LogP contribution >= 0.6 is 0 Å². The van der Waals surface area contributed by atoms with Crippen LogP contribution in [0, 0.1) is 0 Å². The third-order valence-corrected chi connectivity index (χ3v) is 8.86. The van der Waals surface area contributed by atoms with Gasteiger partial charge < -0.3 is 52.8 Å². The lowest BCUT2D eigenvalue weighted by Gasteiger charge is -2.32. The van der Waals surface area contributed by atoms with Crippen LogP contribution in [0.1, 0.15) is 54.9 Å². The molecule has 3 aliphatic heterocycles. The highest BCUT2D eigenvalue weighted by Crippen LogP contribution is 2.49. The van der Waals surface area contributed by atoms with Crippen molar-refractivity contribution in [3.63, 3.8) is 0 Å². The first-order chi connectivity index (χ1) is 21.8. The van der Waals surface area contributed by atoms with E-state index >= 15 is 0 Å². The molecular weight excluding hydrogens is 588 g/mol. The van der Waals surface area contributed by atoms with Crippen molar-refractivity contribution in [1.82, 2.24) is 0 Å². The van der Waals surface area contributed by atoms with Gasteiger partial charge in [-0.05, 0) is 55.0 Å². The van der Waals surface area contributed by atoms with E-state index in [0.717, 1.165) is 19.3 Å². The molecule has 1 aliphatic carbocycles. The number of hydrogen-bond acceptors (Lipinski definition) is 12. The summed E-state index contributed by atoms with van der Waals surface area (Å²) in [5.41, 5.74) is 2.21. The Hall–Kier alpha value is -3.81. The molecule has 2 N–H and O–H groups in total. The number of carbonyl (C=O) groups is 1. The number of rotatable bonds is 9. The smallest absolute Gasteiger partial charge is 0.339 e. The van der Waals surface area contributed by atoms with Crippen LogP contribution in [0.5, 0.6) is 28.7 Å². The first-order valence-electron chi connectivity index (χ1n) is 15.1. The first-order valence-corrected chi connectivity index (χ1v) is 15.1. The van der Waals surface area contributed by atoms with Crippen molar-refractivity contribution in [1.29, 1.82) is 0 Å². The number of hydrogen-bond donors (Lipinski definition) is 2. The summed E-state index contributed by atoms with van der Waals surface area (Å²) in [4.78, 5) is 13.3. The second-order valence-electron chi connectivity index (χ2n) is 11.6. The van der Waals surface area contributed by atoms with E-state index in [1.54, 1.807) is 25.1 Å². The molecule has 1 saturated heterocycles. The molecule has 2 fully saturated rings. The molecule has 7 rings (SSSR count). The maximum atomic E-state index is 13.3. The number of carbonyl (C=O) groups excluding carboxylic acids is 1. The fourth-order valence-corrected chi connectivity index (χ4v) is 6.77. The number of benzene rings is 3. The van der Waals surface area contributed by atoms with Gasteiger partial charge in [-0.15, -0.1) is 0 Å². The van der Waals surface area contributed by atoms with Crippen LogP contribution in [-0.4, -0.2) is 74.4 Å². The molecule has 1 spiro atoms. The minimum atomic E-state index is -1.26. The summed E-state index contributed by atoms with van der Waals surface area (Å²) in [6.07, 6.45) is 0.192. The van der Waals surface area contributed by atoms with Gasteiger partial charge in [-0.2, -0.15) is 0 Å². The highest BCUT2D eigenvalue weighted by Gasteiger charge is 2.51. The summed E-state index contributed by atoms with van der Waals surface area (Å²) in [6.45, 7) is 1.31. The van der Waals surface area contributed by atoms with Crippen molar-refractivity contribution in [3.8, 4) is 39.9 Å². The van der Waals surface area contributed by atoms with E-state index in [-0.39, 0.29) is 13.4 Å². The number of methoxy groups -OCH3 is 2. The molecule has 3 aromatic rings. The summed E-state index contributed by atoms with van der Waals surface area (Å²) in [7, 11) is 3.07. The summed E-state index contributed by atoms with van der Waals surface area (Å²) in [5.74, 6) is 1.06. The molecule has 1 saturated carbocycles. The Morgan fingerprint density at radius 1 is 0.933 bits per heavy atom. The second kappa shape index (κ2) is 11.8. The molecule has 12 nitrogen and oxygen atoms in total. The fraction of sp³-hybridized carbons (Fsp3) is 0.485. The molecule has 3 heterocycles. The van der Waals surface area contributed by atoms with Crippen LogP contribution in [0.15, 0.2) is 30.3 Å². The zero-order chi connectivity index (χ0) is 31.3. The Labute approximate surface area is 259 Å². The van der Waals surface area contributed by atoms with E-state index in [1.807, 2.05) is 12.1 Å². The maximum Gasteiger partial charge on any atom is 0.339 e. The number of aliphatic hydroxyl groups is 2. The van der Waals surface area contributed by atoms with Crippen LogP contribution in [0.2, 0.25) is 0 Å². The highest BCUT2D eigenvalue weighted by molar-refractivity contribution is 6.14. The van der Waals surface area contributed by atoms with Gasteiger partial charge in [-0.3, -0.25) is 0 Å². The molecule has 4 atom stereocenters. The second-order valence-corrected chi connectivity index (χ2v) is 11.6. The molecule has 4 aliphatic rings. The van der Waals surface area contributed by atoms with E-state index in [4.69, 9.17) is 42.6 Å². The number of cyclic esters (lactones) is 1. The zero-order valence-corrected chi connectivity index (χ0v) is 25.3. The maximum absolute atomic E-state index is 13.3. The van der Waals surface area contributed by atoms with Gasteiger partial charge in [-0.1, -0.05) is 12.5 Å². The normalized spacial score (nSPS) is 22.7. The van der Waals surface area contributed by atoms with Gasteiger partial charge in [-0.25, -0.2) is 4.79 Å². The lowest BCUT2D eigenvalue weighted by atomic mass is 9.89. The third-order valence-electron chi connectivity index (χ3n) is 8.86. The number of ether oxygens (including phenoxy) is 9. The van der Waals surface area contributed by atoms with Crippen LogP contribution in [0.3, 0.4) is 0 Å². The Balaban J connectivity index is 1.28. The van der Waals surface area contributed by atoms with E-state index in [1.165, 1.54) is 14.2 Å². The monoisotopic (exact) mass is 624 g/mol. The number of esters is 1. The van der Waals surface area contributed by atoms with Crippen molar-refractivity contribution < 1.29 is 57.6 Å². The lowest BCUT2D eigenvalue weighted by Crippen LogP contribution is -2.43. The predicted octanol–water partition coefficient (Wildman–Crippen LogP) is 4.42. The average molecular weight is 625 g/mol. The lowest BCUT2D eigenvalue weighted by molar-refractivity contribution is -0.221. The highest BCUT2D eigenvalue weighted by atomic mass is 16.8. The van der Waals surface area contributed by atoms with Crippen molar-refractivity contribution in [3.05, 3.63) is 41.5 Å². The molecule has 0 radical (unpaired) electrons. The SMILES string of the molecule is COc1cc2c(OC(C)OC(CO)C3OC4(CCCCC4)OC3O)c3c(c(-c4ccc5c(c4)OCO5)c2cc1OC)C(=O)OC3. The van der Waals surface area contributed by atoms with Gasteiger partial charge in [0.2, 0.25) is 6.79 Å². The van der Waals surface area contributed by atoms with Gasteiger partial charge in [0.1, 0.15) is 24.6 Å². The van der Waals surface area contributed by atoms with Crippen LogP contribution < -0.4 is 23.7 Å². The molecule has 45 heavy (non-hydrogen) atoms. The Bertz CT molecular complexity index is 1610. The molecule has 0 bridgehead atoms. The van der Waals surface area contributed by atoms with E-state index in [9.17, 15) is 15.0 Å². The van der Waals surface area contributed by atoms with Crippen molar-refractivity contribution >= 4 is 16.7 Å². The predicted molar refractivity (Wildman–Crippen MR) is 158 cm³/mol. The van der Waals surface area contributed by atoms with E-state index < -0.39 is 43.2 Å². The molecule has 3 aromatic carbocycles. The summed E-state index contributed by atoms with van der Waals surface area (Å²) in [6, 6.07) is 9.05. The summed E-state index contributed by atoms with van der Waals surface area (Å²) in [5, 5.41) is 22.3. The third kappa shape index (κ3) is 5.20. The van der Waals surface area contributed by atoms with Gasteiger partial charge in [0, 0.05) is 29.4 Å². The summed E-state index contributed by atoms with van der Waals surface area (Å²) < 4.78 is 52.6.